The van der Waals surface area contributed by atoms with E-state index in [0.717, 1.165) is 12.6 Å². The molecule has 0 N–H and O–H groups in total. The molecule has 0 atom stereocenters. The van der Waals surface area contributed by atoms with Crippen molar-refractivity contribution in [1.29, 1.82) is 0 Å². The molecule has 0 bridgehead atoms. The van der Waals surface area contributed by atoms with Crippen molar-refractivity contribution in [3.8, 4) is 0 Å². The molecule has 4 nitrogen and oxygen atoms in total. The third kappa shape index (κ3) is 3.76. The number of nitrogens with zero attached hydrogens (tertiary/aromatic N) is 3. The molecular formula is C16H20F3N3O. The number of hydrogen-bond acceptors (Lipinski definition) is 3. The number of aromatic nitrogens is 1. The van der Waals surface area contributed by atoms with Crippen LogP contribution in [0.4, 0.5) is 19.0 Å². The van der Waals surface area contributed by atoms with Crippen molar-refractivity contribution in [3.05, 3.63) is 23.9 Å². The fourth-order valence-electron chi connectivity index (χ4n) is 3.36. The molecule has 1 aliphatic carbocycles. The first-order chi connectivity index (χ1) is 10.9. The number of alkyl halides is 3. The third-order valence-electron chi connectivity index (χ3n) is 4.62. The largest absolute Gasteiger partial charge is 0.433 e. The first kappa shape index (κ1) is 16.1. The van der Waals surface area contributed by atoms with Crippen LogP contribution in [-0.4, -0.2) is 42.0 Å². The van der Waals surface area contributed by atoms with E-state index in [1.165, 1.54) is 37.8 Å². The summed E-state index contributed by atoms with van der Waals surface area (Å²) in [7, 11) is 0. The first-order valence-electron chi connectivity index (χ1n) is 8.00. The zero-order valence-electron chi connectivity index (χ0n) is 12.9. The molecule has 0 spiro atoms. The van der Waals surface area contributed by atoms with Gasteiger partial charge in [-0.25, -0.2) is 4.98 Å². The van der Waals surface area contributed by atoms with Crippen molar-refractivity contribution in [2.45, 2.75) is 31.9 Å². The number of carbonyl (C=O) groups is 1. The van der Waals surface area contributed by atoms with Crippen molar-refractivity contribution in [2.24, 2.45) is 5.92 Å². The van der Waals surface area contributed by atoms with Crippen LogP contribution in [0, 0.1) is 5.92 Å². The van der Waals surface area contributed by atoms with E-state index in [1.54, 1.807) is 4.90 Å². The fraction of sp³-hybridized carbons (Fsp3) is 0.625. The zero-order chi connectivity index (χ0) is 16.4. The van der Waals surface area contributed by atoms with Crippen LogP contribution in [0.2, 0.25) is 0 Å². The molecule has 0 aromatic carbocycles. The van der Waals surface area contributed by atoms with Crippen LogP contribution in [0.15, 0.2) is 18.2 Å². The second-order valence-corrected chi connectivity index (χ2v) is 6.29. The molecule has 23 heavy (non-hydrogen) atoms. The Hall–Kier alpha value is -1.79. The number of hydrogen-bond donors (Lipinski definition) is 0. The Morgan fingerprint density at radius 2 is 1.91 bits per heavy atom. The van der Waals surface area contributed by atoms with Gasteiger partial charge in [-0.2, -0.15) is 13.2 Å². The van der Waals surface area contributed by atoms with E-state index in [9.17, 15) is 18.0 Å². The van der Waals surface area contributed by atoms with Gasteiger partial charge >= 0.3 is 6.18 Å². The summed E-state index contributed by atoms with van der Waals surface area (Å²) in [5.41, 5.74) is -0.921. The molecule has 0 radical (unpaired) electrons. The molecule has 1 aromatic heterocycles. The maximum absolute atomic E-state index is 12.7. The maximum Gasteiger partial charge on any atom is 0.433 e. The fourth-order valence-corrected chi connectivity index (χ4v) is 3.36. The van der Waals surface area contributed by atoms with Crippen LogP contribution in [0.1, 0.15) is 31.4 Å². The molecule has 0 unspecified atom stereocenters. The van der Waals surface area contributed by atoms with Crippen LogP contribution < -0.4 is 4.90 Å². The zero-order valence-corrected chi connectivity index (χ0v) is 12.9. The van der Waals surface area contributed by atoms with Gasteiger partial charge < -0.3 is 9.80 Å². The first-order valence-corrected chi connectivity index (χ1v) is 8.00. The predicted octanol–water partition coefficient (Wildman–Crippen LogP) is 2.94. The second kappa shape index (κ2) is 6.37. The summed E-state index contributed by atoms with van der Waals surface area (Å²) in [6, 6.07) is 3.80. The van der Waals surface area contributed by atoms with Crippen LogP contribution in [0.5, 0.6) is 0 Å². The van der Waals surface area contributed by atoms with Crippen LogP contribution in [0.3, 0.4) is 0 Å². The molecule has 2 aliphatic rings. The molecule has 1 amide bonds. The van der Waals surface area contributed by atoms with Gasteiger partial charge in [0.05, 0.1) is 6.54 Å². The third-order valence-corrected chi connectivity index (χ3v) is 4.62. The topological polar surface area (TPSA) is 36.4 Å². The van der Waals surface area contributed by atoms with Crippen molar-refractivity contribution < 1.29 is 18.0 Å². The van der Waals surface area contributed by atoms with Gasteiger partial charge in [0, 0.05) is 19.6 Å². The molecule has 3 rings (SSSR count). The summed E-state index contributed by atoms with van der Waals surface area (Å²) in [6.45, 7) is 1.95. The summed E-state index contributed by atoms with van der Waals surface area (Å²) in [6.07, 6.45) is 0.329. The molecule has 7 heteroatoms. The average molecular weight is 327 g/mol. The highest BCUT2D eigenvalue weighted by Gasteiger charge is 2.34. The molecule has 2 fully saturated rings. The van der Waals surface area contributed by atoms with E-state index in [1.807, 2.05) is 4.90 Å². The lowest BCUT2D eigenvalue weighted by molar-refractivity contribution is -0.141. The smallest absolute Gasteiger partial charge is 0.346 e. The highest BCUT2D eigenvalue weighted by Crippen LogP contribution is 2.29. The van der Waals surface area contributed by atoms with Gasteiger partial charge in [-0.1, -0.05) is 18.9 Å². The van der Waals surface area contributed by atoms with E-state index in [4.69, 9.17) is 0 Å². The van der Waals surface area contributed by atoms with E-state index < -0.39 is 11.9 Å². The van der Waals surface area contributed by atoms with Gasteiger partial charge in [0.2, 0.25) is 5.91 Å². The lowest BCUT2D eigenvalue weighted by Crippen LogP contribution is -2.51. The van der Waals surface area contributed by atoms with E-state index in [2.05, 4.69) is 4.98 Å². The minimum absolute atomic E-state index is 0.0256. The number of amides is 1. The number of anilines is 1. The monoisotopic (exact) mass is 327 g/mol. The van der Waals surface area contributed by atoms with Crippen molar-refractivity contribution in [3.63, 3.8) is 0 Å². The van der Waals surface area contributed by atoms with Gasteiger partial charge in [-0.3, -0.25) is 4.79 Å². The highest BCUT2D eigenvalue weighted by atomic mass is 19.4. The van der Waals surface area contributed by atoms with Crippen molar-refractivity contribution >= 4 is 11.7 Å². The van der Waals surface area contributed by atoms with E-state index in [-0.39, 0.29) is 18.3 Å². The number of halogens is 3. The molecule has 126 valence electrons. The average Bonchev–Trinajstić information content (AvgIpc) is 3.02. The Morgan fingerprint density at radius 3 is 2.57 bits per heavy atom. The predicted molar refractivity (Wildman–Crippen MR) is 80.0 cm³/mol. The Balaban J connectivity index is 1.64. The van der Waals surface area contributed by atoms with E-state index >= 15 is 0 Å². The molecule has 1 saturated carbocycles. The molecular weight excluding hydrogens is 307 g/mol. The van der Waals surface area contributed by atoms with Crippen LogP contribution >= 0.6 is 0 Å². The molecule has 1 aliphatic heterocycles. The minimum atomic E-state index is -4.47. The number of carbonyl (C=O) groups excluding carboxylic acids is 1. The summed E-state index contributed by atoms with van der Waals surface area (Å²) in [5.74, 6) is 0.772. The quantitative estimate of drug-likeness (QED) is 0.856. The molecule has 2 heterocycles. The standard InChI is InChI=1S/C16H20F3N3O/c17-16(18,19)13-6-3-7-14(20-13)21-8-9-22(15(23)11-21)10-12-4-1-2-5-12/h3,6-7,12H,1-2,4-5,8-11H2. The Bertz CT molecular complexity index is 570. The lowest BCUT2D eigenvalue weighted by Gasteiger charge is -2.36. The number of rotatable bonds is 3. The van der Waals surface area contributed by atoms with Gasteiger partial charge in [0.25, 0.3) is 0 Å². The normalized spacial score (nSPS) is 20.4. The van der Waals surface area contributed by atoms with Gasteiger partial charge in [-0.05, 0) is 30.9 Å². The Morgan fingerprint density at radius 1 is 1.17 bits per heavy atom. The molecule has 1 aromatic rings. The lowest BCUT2D eigenvalue weighted by atomic mass is 10.1. The maximum atomic E-state index is 12.7. The summed E-state index contributed by atoms with van der Waals surface area (Å²) >= 11 is 0. The summed E-state index contributed by atoms with van der Waals surface area (Å²) in [4.78, 5) is 19.4. The second-order valence-electron chi connectivity index (χ2n) is 6.29. The SMILES string of the molecule is O=C1CN(c2cccc(C(F)(F)F)n2)CCN1CC1CCCC1. The Kier molecular flexibility index (Phi) is 4.46. The number of pyridine rings is 1. The van der Waals surface area contributed by atoms with Crippen LogP contribution in [-0.2, 0) is 11.0 Å². The highest BCUT2D eigenvalue weighted by molar-refractivity contribution is 5.82. The van der Waals surface area contributed by atoms with Crippen molar-refractivity contribution in [2.75, 3.05) is 31.1 Å². The minimum Gasteiger partial charge on any atom is -0.346 e. The van der Waals surface area contributed by atoms with Gasteiger partial charge in [-0.15, -0.1) is 0 Å². The van der Waals surface area contributed by atoms with Crippen LogP contribution in [0.25, 0.3) is 0 Å². The van der Waals surface area contributed by atoms with E-state index in [0.29, 0.717) is 19.0 Å². The summed E-state index contributed by atoms with van der Waals surface area (Å²) < 4.78 is 38.2. The number of piperazine rings is 1. The Labute approximate surface area is 133 Å². The molecule has 1 saturated heterocycles. The van der Waals surface area contributed by atoms with Gasteiger partial charge in [0.15, 0.2) is 0 Å². The van der Waals surface area contributed by atoms with Gasteiger partial charge in [0.1, 0.15) is 11.5 Å². The van der Waals surface area contributed by atoms with Crippen molar-refractivity contribution in [1.82, 2.24) is 9.88 Å². The summed E-state index contributed by atoms with van der Waals surface area (Å²) in [5, 5.41) is 0.